The molecule has 4 nitrogen and oxygen atoms in total. The third-order valence-corrected chi connectivity index (χ3v) is 6.02. The first kappa shape index (κ1) is 20.1. The van der Waals surface area contributed by atoms with Crippen LogP contribution in [0.5, 0.6) is 0 Å². The second-order valence-electron chi connectivity index (χ2n) is 8.36. The second-order valence-corrected chi connectivity index (χ2v) is 8.36. The summed E-state index contributed by atoms with van der Waals surface area (Å²) in [5, 5.41) is 5.09. The summed E-state index contributed by atoms with van der Waals surface area (Å²) in [5.74, 6) is 0.504. The Balaban J connectivity index is 1.37. The molecule has 0 bridgehead atoms. The topological polar surface area (TPSA) is 49.4 Å². The third-order valence-electron chi connectivity index (χ3n) is 6.02. The van der Waals surface area contributed by atoms with E-state index < -0.39 is 0 Å². The van der Waals surface area contributed by atoms with Gasteiger partial charge in [0.15, 0.2) is 0 Å². The first-order valence-electron chi connectivity index (χ1n) is 10.7. The summed E-state index contributed by atoms with van der Waals surface area (Å²) in [7, 11) is 0. The number of fused-ring (bicyclic) bond motifs is 1. The van der Waals surface area contributed by atoms with Gasteiger partial charge in [0, 0.05) is 30.3 Å². The smallest absolute Gasteiger partial charge is 0.254 e. The molecule has 0 spiro atoms. The molecule has 0 aromatic heterocycles. The van der Waals surface area contributed by atoms with Crippen molar-refractivity contribution in [3.8, 4) is 0 Å². The van der Waals surface area contributed by atoms with Crippen molar-refractivity contribution < 1.29 is 9.59 Å². The van der Waals surface area contributed by atoms with Crippen molar-refractivity contribution in [2.75, 3.05) is 18.4 Å². The monoisotopic (exact) mass is 400 g/mol. The molecule has 30 heavy (non-hydrogen) atoms. The fourth-order valence-corrected chi connectivity index (χ4v) is 4.12. The van der Waals surface area contributed by atoms with Crippen LogP contribution in [0.2, 0.25) is 0 Å². The van der Waals surface area contributed by atoms with Crippen LogP contribution < -0.4 is 5.32 Å². The molecule has 0 radical (unpaired) electrons. The van der Waals surface area contributed by atoms with Gasteiger partial charge in [-0.15, -0.1) is 0 Å². The number of nitrogens with one attached hydrogen (secondary N) is 1. The van der Waals surface area contributed by atoms with Gasteiger partial charge in [0.25, 0.3) is 5.91 Å². The lowest BCUT2D eigenvalue weighted by atomic mass is 9.94. The van der Waals surface area contributed by atoms with Crippen LogP contribution in [0.3, 0.4) is 0 Å². The van der Waals surface area contributed by atoms with E-state index in [-0.39, 0.29) is 17.7 Å². The number of likely N-dealkylation sites (tertiary alicyclic amines) is 1. The summed E-state index contributed by atoms with van der Waals surface area (Å²) in [6.45, 7) is 5.51. The summed E-state index contributed by atoms with van der Waals surface area (Å²) < 4.78 is 0. The Hall–Kier alpha value is -3.14. The fourth-order valence-electron chi connectivity index (χ4n) is 4.12. The zero-order valence-electron chi connectivity index (χ0n) is 17.6. The highest BCUT2D eigenvalue weighted by molar-refractivity contribution is 6.07. The molecule has 2 amide bonds. The number of carbonyl (C=O) groups excluding carboxylic acids is 2. The number of nitrogens with zero attached hydrogens (tertiary/aromatic N) is 1. The Bertz CT molecular complexity index is 1040. The minimum atomic E-state index is -0.0636. The molecule has 1 aliphatic rings. The van der Waals surface area contributed by atoms with Crippen LogP contribution >= 0.6 is 0 Å². The number of amides is 2. The van der Waals surface area contributed by atoms with Crippen molar-refractivity contribution in [2.45, 2.75) is 32.6 Å². The van der Waals surface area contributed by atoms with Gasteiger partial charge in [-0.25, -0.2) is 0 Å². The van der Waals surface area contributed by atoms with Gasteiger partial charge in [-0.1, -0.05) is 62.4 Å². The summed E-state index contributed by atoms with van der Waals surface area (Å²) in [6, 6.07) is 21.9. The lowest BCUT2D eigenvalue weighted by Gasteiger charge is -2.31. The van der Waals surface area contributed by atoms with E-state index >= 15 is 0 Å². The molecule has 1 saturated heterocycles. The maximum Gasteiger partial charge on any atom is 0.254 e. The lowest BCUT2D eigenvalue weighted by molar-refractivity contribution is -0.121. The van der Waals surface area contributed by atoms with Gasteiger partial charge >= 0.3 is 0 Å². The molecule has 1 fully saturated rings. The molecule has 154 valence electrons. The molecule has 0 aliphatic carbocycles. The fraction of sp³-hybridized carbons (Fsp3) is 0.308. The largest absolute Gasteiger partial charge is 0.339 e. The van der Waals surface area contributed by atoms with E-state index in [2.05, 4.69) is 31.3 Å². The molecular weight excluding hydrogens is 372 g/mol. The zero-order chi connectivity index (χ0) is 21.1. The van der Waals surface area contributed by atoms with Gasteiger partial charge in [0.05, 0.1) is 0 Å². The normalized spacial score (nSPS) is 14.8. The van der Waals surface area contributed by atoms with Crippen LogP contribution in [0.25, 0.3) is 10.8 Å². The van der Waals surface area contributed by atoms with E-state index in [1.165, 1.54) is 5.56 Å². The van der Waals surface area contributed by atoms with Crippen LogP contribution in [-0.4, -0.2) is 29.8 Å². The number of benzene rings is 3. The lowest BCUT2D eigenvalue weighted by Crippen LogP contribution is -2.41. The van der Waals surface area contributed by atoms with E-state index in [4.69, 9.17) is 0 Å². The summed E-state index contributed by atoms with van der Waals surface area (Å²) >= 11 is 0. The van der Waals surface area contributed by atoms with Crippen LogP contribution in [-0.2, 0) is 4.79 Å². The maximum atomic E-state index is 13.1. The van der Waals surface area contributed by atoms with Crippen LogP contribution in [0.15, 0.2) is 66.7 Å². The van der Waals surface area contributed by atoms with E-state index in [0.717, 1.165) is 22.0 Å². The minimum absolute atomic E-state index is 0.0459. The first-order chi connectivity index (χ1) is 14.5. The molecule has 0 atom stereocenters. The second kappa shape index (κ2) is 8.70. The number of hydrogen-bond donors (Lipinski definition) is 1. The SMILES string of the molecule is CC(C)c1ccc(NC(=O)C2CCN(C(=O)c3cccc4ccccc34)CC2)cc1. The minimum Gasteiger partial charge on any atom is -0.339 e. The molecule has 4 heteroatoms. The Morgan fingerprint density at radius 1 is 0.900 bits per heavy atom. The van der Waals surface area contributed by atoms with Crippen molar-refractivity contribution in [3.05, 3.63) is 77.9 Å². The van der Waals surface area contributed by atoms with E-state index in [0.29, 0.717) is 31.8 Å². The van der Waals surface area contributed by atoms with Gasteiger partial charge in [-0.3, -0.25) is 9.59 Å². The number of hydrogen-bond acceptors (Lipinski definition) is 2. The standard InChI is InChI=1S/C26H28N2O2/c1-18(2)19-10-12-22(13-11-19)27-25(29)21-14-16-28(17-15-21)26(30)24-9-5-7-20-6-3-4-8-23(20)24/h3-13,18,21H,14-17H2,1-2H3,(H,27,29). The molecule has 3 aromatic carbocycles. The molecule has 0 unspecified atom stereocenters. The molecule has 0 saturated carbocycles. The van der Waals surface area contributed by atoms with Gasteiger partial charge in [0.1, 0.15) is 0 Å². The van der Waals surface area contributed by atoms with Crippen molar-refractivity contribution in [2.24, 2.45) is 5.92 Å². The van der Waals surface area contributed by atoms with Gasteiger partial charge in [-0.2, -0.15) is 0 Å². The number of piperidine rings is 1. The average Bonchev–Trinajstić information content (AvgIpc) is 2.78. The molecule has 1 N–H and O–H groups in total. The van der Waals surface area contributed by atoms with Crippen LogP contribution in [0.1, 0.15) is 48.5 Å². The average molecular weight is 401 g/mol. The van der Waals surface area contributed by atoms with E-state index in [1.807, 2.05) is 59.5 Å². The quantitative estimate of drug-likeness (QED) is 0.633. The highest BCUT2D eigenvalue weighted by atomic mass is 16.2. The summed E-state index contributed by atoms with van der Waals surface area (Å²) in [6.07, 6.45) is 1.37. The van der Waals surface area contributed by atoms with Crippen LogP contribution in [0, 0.1) is 5.92 Å². The van der Waals surface area contributed by atoms with Crippen molar-refractivity contribution in [1.29, 1.82) is 0 Å². The first-order valence-corrected chi connectivity index (χ1v) is 10.7. The predicted octanol–water partition coefficient (Wildman–Crippen LogP) is 5.45. The number of anilines is 1. The Morgan fingerprint density at radius 3 is 2.27 bits per heavy atom. The van der Waals surface area contributed by atoms with Crippen molar-refractivity contribution in [1.82, 2.24) is 4.90 Å². The molecule has 1 heterocycles. The van der Waals surface area contributed by atoms with Crippen molar-refractivity contribution in [3.63, 3.8) is 0 Å². The summed E-state index contributed by atoms with van der Waals surface area (Å²) in [4.78, 5) is 27.7. The van der Waals surface area contributed by atoms with Gasteiger partial charge < -0.3 is 10.2 Å². The predicted molar refractivity (Wildman–Crippen MR) is 122 cm³/mol. The Kier molecular flexibility index (Phi) is 5.84. The van der Waals surface area contributed by atoms with Crippen molar-refractivity contribution >= 4 is 28.3 Å². The van der Waals surface area contributed by atoms with Gasteiger partial charge in [0.2, 0.25) is 5.91 Å². The highest BCUT2D eigenvalue weighted by Crippen LogP contribution is 2.25. The third kappa shape index (κ3) is 4.23. The molecular formula is C26H28N2O2. The maximum absolute atomic E-state index is 13.1. The van der Waals surface area contributed by atoms with Gasteiger partial charge in [-0.05, 0) is 53.3 Å². The van der Waals surface area contributed by atoms with E-state index in [1.54, 1.807) is 0 Å². The molecule has 4 rings (SSSR count). The number of carbonyl (C=O) groups is 2. The van der Waals surface area contributed by atoms with Crippen LogP contribution in [0.4, 0.5) is 5.69 Å². The number of rotatable bonds is 4. The highest BCUT2D eigenvalue weighted by Gasteiger charge is 2.28. The molecule has 1 aliphatic heterocycles. The Morgan fingerprint density at radius 2 is 1.57 bits per heavy atom. The molecule has 3 aromatic rings. The Labute approximate surface area is 177 Å². The summed E-state index contributed by atoms with van der Waals surface area (Å²) in [5.41, 5.74) is 2.83. The van der Waals surface area contributed by atoms with E-state index in [9.17, 15) is 9.59 Å². The zero-order valence-corrected chi connectivity index (χ0v) is 17.6.